The number of benzene rings is 12. The summed E-state index contributed by atoms with van der Waals surface area (Å²) in [7, 11) is 0. The van der Waals surface area contributed by atoms with Crippen LogP contribution in [0.25, 0.3) is 138 Å². The van der Waals surface area contributed by atoms with Gasteiger partial charge >= 0.3 is 81.9 Å². The summed E-state index contributed by atoms with van der Waals surface area (Å²) in [5.41, 5.74) is 13.8. The minimum Gasteiger partial charge on any atom is -0.871 e. The minimum absolute atomic E-state index is 0. The van der Waals surface area contributed by atoms with Crippen molar-refractivity contribution < 1.29 is 113 Å². The van der Waals surface area contributed by atoms with Crippen LogP contribution < -0.4 is 30.6 Å². The van der Waals surface area contributed by atoms with Crippen LogP contribution in [0.1, 0.15) is 67.5 Å². The number of hydrogen-bond donors (Lipinski definition) is 0. The molecule has 0 radical (unpaired) electrons. The van der Waals surface area contributed by atoms with E-state index in [2.05, 4.69) is 29.9 Å². The van der Waals surface area contributed by atoms with E-state index in [4.69, 9.17) is 69.6 Å². The maximum atomic E-state index is 11.7. The second-order valence-electron chi connectivity index (χ2n) is 26.7. The van der Waals surface area contributed by atoms with Crippen molar-refractivity contribution in [3.63, 3.8) is 0 Å². The normalized spacial score (nSPS) is 11.0. The van der Waals surface area contributed by atoms with Gasteiger partial charge < -0.3 is 30.6 Å². The van der Waals surface area contributed by atoms with Gasteiger partial charge in [0.1, 0.15) is 0 Å². The van der Waals surface area contributed by atoms with Crippen LogP contribution in [0.2, 0.25) is 30.1 Å². The van der Waals surface area contributed by atoms with Gasteiger partial charge in [-0.05, 0) is 211 Å². The molecule has 6 heterocycles. The summed E-state index contributed by atoms with van der Waals surface area (Å²) in [6.45, 7) is 0. The SMILES string of the molecule is [Cd+2].[Cd+2].[Cd+2].[O-]c1cccc2ccc(/C=C/c3ccc(Cl)cc3)nc12.[O-]c1cccc2ccc(/C=C/c3ccc(Cl)cc3)nc12.[O-]c1cccc2ccc(/C=C/c3ccc(Cl)cc3)nc12.[O-]c1cccc2ccc(/C=C/c3ccc(Cl)cc3)nc12.[O-]c1cccc2ccc(/C=C/c3ccc(Cl)cc3)nc12.[O-]c1cccc2ccc(/C=C/c3ccc(Cl)cc3)nc12. The fourth-order valence-corrected chi connectivity index (χ4v) is 12.7. The topological polar surface area (TPSA) is 216 Å². The Bertz CT molecular complexity index is 5750. The van der Waals surface area contributed by atoms with Crippen LogP contribution in [0.15, 0.2) is 328 Å². The third-order valence-electron chi connectivity index (χ3n) is 18.1. The van der Waals surface area contributed by atoms with Crippen molar-refractivity contribution in [3.8, 4) is 34.5 Å². The van der Waals surface area contributed by atoms with Crippen molar-refractivity contribution >= 4 is 208 Å². The Morgan fingerprint density at radius 3 is 0.415 bits per heavy atom. The van der Waals surface area contributed by atoms with Gasteiger partial charge in [-0.25, -0.2) is 29.9 Å². The summed E-state index contributed by atoms with van der Waals surface area (Å²) in [5, 5.41) is 79.9. The van der Waals surface area contributed by atoms with Crippen molar-refractivity contribution in [1.29, 1.82) is 0 Å². The Morgan fingerprint density at radius 1 is 0.154 bits per heavy atom. The monoisotopic (exact) mass is 2020 g/mol. The molecule has 0 bridgehead atoms. The minimum atomic E-state index is -0.0516. The van der Waals surface area contributed by atoms with Crippen LogP contribution in [-0.4, -0.2) is 29.9 Å². The molecule has 0 unspecified atom stereocenters. The molecular formula is C102H66Cd3Cl6N6O6. The molecule has 0 aliphatic rings. The van der Waals surface area contributed by atoms with E-state index in [9.17, 15) is 30.6 Å². The molecule has 0 aliphatic heterocycles. The Balaban J connectivity index is 0.000000154. The second-order valence-corrected chi connectivity index (χ2v) is 29.3. The fourth-order valence-electron chi connectivity index (χ4n) is 11.9. The van der Waals surface area contributed by atoms with Crippen LogP contribution in [-0.2, 0) is 81.9 Å². The molecule has 0 aliphatic carbocycles. The largest absolute Gasteiger partial charge is 2.00 e. The van der Waals surface area contributed by atoms with Crippen molar-refractivity contribution in [2.45, 2.75) is 0 Å². The van der Waals surface area contributed by atoms with Crippen molar-refractivity contribution in [3.05, 3.63) is 425 Å². The summed E-state index contributed by atoms with van der Waals surface area (Å²) in [5.74, 6) is -0.310. The predicted octanol–water partition coefficient (Wildman–Crippen LogP) is 24.8. The summed E-state index contributed by atoms with van der Waals surface area (Å²) in [4.78, 5) is 26.3. The number of hydrogen-bond acceptors (Lipinski definition) is 12. The van der Waals surface area contributed by atoms with E-state index in [0.717, 1.165) is 99.9 Å². The van der Waals surface area contributed by atoms with Gasteiger partial charge in [0.25, 0.3) is 0 Å². The third-order valence-corrected chi connectivity index (χ3v) is 19.6. The first kappa shape index (κ1) is 94.1. The van der Waals surface area contributed by atoms with Gasteiger partial charge in [0.05, 0.1) is 67.3 Å². The summed E-state index contributed by atoms with van der Waals surface area (Å²) < 4.78 is 0. The van der Waals surface area contributed by atoms with Crippen LogP contribution in [0.4, 0.5) is 0 Å². The molecule has 12 aromatic carbocycles. The van der Waals surface area contributed by atoms with Crippen LogP contribution in [0.5, 0.6) is 34.5 Å². The standard InChI is InChI=1S/6C17H12ClNO.3Cd/c6*18-14-8-4-12(5-9-14)6-10-15-11-7-13-2-1-3-16(20)17(13)19-15;;;/h6*1-11,20H;;;/q;;;;;;3*+2/p-6/b6*10-6+;;;. The van der Waals surface area contributed by atoms with E-state index in [0.29, 0.717) is 63.2 Å². The maximum absolute atomic E-state index is 11.7. The van der Waals surface area contributed by atoms with Gasteiger partial charge in [0, 0.05) is 30.1 Å². The first-order chi connectivity index (χ1) is 58.3. The van der Waals surface area contributed by atoms with E-state index >= 15 is 0 Å². The molecule has 588 valence electrons. The zero-order valence-electron chi connectivity index (χ0n) is 65.6. The number of fused-ring (bicyclic) bond motifs is 6. The molecule has 0 spiro atoms. The maximum Gasteiger partial charge on any atom is 2.00 e. The molecular weight excluding hydrogens is 1960 g/mol. The first-order valence-corrected chi connectivity index (χ1v) is 39.6. The van der Waals surface area contributed by atoms with Gasteiger partial charge in [-0.15, -0.1) is 0 Å². The molecule has 21 heteroatoms. The average molecular weight is 2020 g/mol. The van der Waals surface area contributed by atoms with Gasteiger partial charge in [0.15, 0.2) is 0 Å². The molecule has 0 amide bonds. The van der Waals surface area contributed by atoms with Crippen LogP contribution in [0.3, 0.4) is 0 Å². The molecule has 0 fully saturated rings. The molecule has 0 saturated heterocycles. The van der Waals surface area contributed by atoms with E-state index in [1.165, 1.54) is 36.4 Å². The number of rotatable bonds is 12. The zero-order valence-corrected chi connectivity index (χ0v) is 82.3. The van der Waals surface area contributed by atoms with Gasteiger partial charge in [0.2, 0.25) is 0 Å². The predicted molar refractivity (Wildman–Crippen MR) is 489 cm³/mol. The number of nitrogens with zero attached hydrogens (tertiary/aromatic N) is 6. The van der Waals surface area contributed by atoms with E-state index < -0.39 is 0 Å². The quantitative estimate of drug-likeness (QED) is 0.104. The summed E-state index contributed by atoms with van der Waals surface area (Å²) in [6, 6.07) is 99.0. The smallest absolute Gasteiger partial charge is 0.871 e. The number of aromatic nitrogens is 6. The van der Waals surface area contributed by atoms with Gasteiger partial charge in [-0.3, -0.25) is 0 Å². The molecule has 0 atom stereocenters. The Kier molecular flexibility index (Phi) is 35.9. The molecule has 18 rings (SSSR count). The number of para-hydroxylation sites is 6. The van der Waals surface area contributed by atoms with Gasteiger partial charge in [-0.2, -0.15) is 0 Å². The number of halogens is 6. The molecule has 12 nitrogen and oxygen atoms in total. The first-order valence-electron chi connectivity index (χ1n) is 37.4. The van der Waals surface area contributed by atoms with Crippen molar-refractivity contribution in [2.75, 3.05) is 0 Å². The van der Waals surface area contributed by atoms with E-state index in [1.54, 1.807) is 36.4 Å². The van der Waals surface area contributed by atoms with E-state index in [1.807, 2.05) is 328 Å². The summed E-state index contributed by atoms with van der Waals surface area (Å²) >= 11 is 35.0. The number of pyridine rings is 6. The van der Waals surface area contributed by atoms with Crippen molar-refractivity contribution in [1.82, 2.24) is 29.9 Å². The molecule has 123 heavy (non-hydrogen) atoms. The fraction of sp³-hybridized carbons (Fsp3) is 0. The van der Waals surface area contributed by atoms with E-state index in [-0.39, 0.29) is 116 Å². The third kappa shape index (κ3) is 27.9. The second kappa shape index (κ2) is 46.9. The zero-order chi connectivity index (χ0) is 83.7. The average Bonchev–Trinajstić information content (AvgIpc) is 0.846. The summed E-state index contributed by atoms with van der Waals surface area (Å²) in [6.07, 6.45) is 23.0. The molecule has 18 aromatic rings. The van der Waals surface area contributed by atoms with Crippen LogP contribution >= 0.6 is 69.6 Å². The van der Waals surface area contributed by atoms with Crippen molar-refractivity contribution in [2.24, 2.45) is 0 Å². The molecule has 0 saturated carbocycles. The molecule has 6 aromatic heterocycles. The Hall–Kier alpha value is -11.2. The Labute approximate surface area is 801 Å². The Morgan fingerprint density at radius 2 is 0.285 bits per heavy atom. The van der Waals surface area contributed by atoms with Gasteiger partial charge in [-0.1, -0.05) is 359 Å². The molecule has 0 N–H and O–H groups in total. The van der Waals surface area contributed by atoms with Crippen LogP contribution in [0, 0.1) is 0 Å².